The normalized spacial score (nSPS) is 14.5. The van der Waals surface area contributed by atoms with Crippen LogP contribution in [0.1, 0.15) is 18.6 Å². The van der Waals surface area contributed by atoms with Gasteiger partial charge in [-0.3, -0.25) is 5.43 Å². The summed E-state index contributed by atoms with van der Waals surface area (Å²) >= 11 is 0. The number of rotatable bonds is 9. The van der Waals surface area contributed by atoms with Gasteiger partial charge in [0.1, 0.15) is 11.5 Å². The lowest BCUT2D eigenvalue weighted by Gasteiger charge is -2.21. The van der Waals surface area contributed by atoms with Crippen LogP contribution in [0.3, 0.4) is 0 Å². The molecule has 0 bridgehead atoms. The van der Waals surface area contributed by atoms with Crippen LogP contribution in [0, 0.1) is 0 Å². The van der Waals surface area contributed by atoms with Crippen LogP contribution in [-0.2, 0) is 0 Å². The minimum absolute atomic E-state index is 0.0374. The van der Waals surface area contributed by atoms with E-state index in [2.05, 4.69) is 39.6 Å². The van der Waals surface area contributed by atoms with Gasteiger partial charge in [-0.05, 0) is 48.4 Å². The number of furan rings is 1. The standard InChI is InChI=1S/C24H24N4O/c1-3-12-20(13-4-1)25-27-22(19-10-7-8-11-19)18-23(24-16-9-17-29-24)28-26-21-14-5-2-6-15-21/h1-7,9-17,22,25-27H,8,18H2/b28-23-. The molecule has 1 aliphatic rings. The Morgan fingerprint density at radius 1 is 0.931 bits per heavy atom. The minimum atomic E-state index is 0.0374. The number of anilines is 2. The smallest absolute Gasteiger partial charge is 0.149 e. The summed E-state index contributed by atoms with van der Waals surface area (Å²) in [5.41, 5.74) is 13.9. The zero-order chi connectivity index (χ0) is 19.7. The van der Waals surface area contributed by atoms with Crippen molar-refractivity contribution in [3.8, 4) is 0 Å². The molecule has 1 heterocycles. The second kappa shape index (κ2) is 9.57. The second-order valence-corrected chi connectivity index (χ2v) is 6.75. The highest BCUT2D eigenvalue weighted by Crippen LogP contribution is 2.19. The molecule has 5 heteroatoms. The number of hydrazine groups is 1. The van der Waals surface area contributed by atoms with Gasteiger partial charge in [0.15, 0.2) is 0 Å². The van der Waals surface area contributed by atoms with Gasteiger partial charge >= 0.3 is 0 Å². The lowest BCUT2D eigenvalue weighted by Crippen LogP contribution is -2.37. The molecule has 0 aliphatic heterocycles. The van der Waals surface area contributed by atoms with Gasteiger partial charge in [-0.25, -0.2) is 5.43 Å². The van der Waals surface area contributed by atoms with Crippen LogP contribution in [0.15, 0.2) is 112 Å². The average Bonchev–Trinajstić information content (AvgIpc) is 3.49. The number of benzene rings is 2. The first-order chi connectivity index (χ1) is 14.4. The molecular weight excluding hydrogens is 360 g/mol. The Labute approximate surface area is 170 Å². The maximum Gasteiger partial charge on any atom is 0.149 e. The third kappa shape index (κ3) is 5.24. The summed E-state index contributed by atoms with van der Waals surface area (Å²) in [6, 6.07) is 23.8. The number of nitrogens with one attached hydrogen (secondary N) is 3. The van der Waals surface area contributed by atoms with Gasteiger partial charge in [-0.2, -0.15) is 5.10 Å². The van der Waals surface area contributed by atoms with Crippen LogP contribution in [0.4, 0.5) is 11.4 Å². The number of nitrogens with zero attached hydrogens (tertiary/aromatic N) is 1. The van der Waals surface area contributed by atoms with E-state index < -0.39 is 0 Å². The maximum atomic E-state index is 5.65. The highest BCUT2D eigenvalue weighted by Gasteiger charge is 2.19. The van der Waals surface area contributed by atoms with E-state index in [1.807, 2.05) is 72.8 Å². The lowest BCUT2D eigenvalue weighted by molar-refractivity contribution is 0.551. The third-order valence-electron chi connectivity index (χ3n) is 4.66. The van der Waals surface area contributed by atoms with Gasteiger partial charge in [0.2, 0.25) is 0 Å². The molecular formula is C24H24N4O. The molecule has 0 fully saturated rings. The summed E-state index contributed by atoms with van der Waals surface area (Å²) in [6.45, 7) is 0. The molecule has 0 saturated carbocycles. The average molecular weight is 384 g/mol. The first-order valence-corrected chi connectivity index (χ1v) is 9.73. The van der Waals surface area contributed by atoms with Crippen molar-refractivity contribution in [1.82, 2.24) is 5.43 Å². The molecule has 29 heavy (non-hydrogen) atoms. The third-order valence-corrected chi connectivity index (χ3v) is 4.66. The first-order valence-electron chi connectivity index (χ1n) is 9.73. The summed E-state index contributed by atoms with van der Waals surface area (Å²) < 4.78 is 5.65. The number of hydrazone groups is 1. The van der Waals surface area contributed by atoms with E-state index in [9.17, 15) is 0 Å². The molecule has 146 valence electrons. The van der Waals surface area contributed by atoms with E-state index >= 15 is 0 Å². The largest absolute Gasteiger partial charge is 0.463 e. The van der Waals surface area contributed by atoms with Crippen molar-refractivity contribution < 1.29 is 4.42 Å². The van der Waals surface area contributed by atoms with E-state index in [4.69, 9.17) is 4.42 Å². The lowest BCUT2D eigenvalue weighted by atomic mass is 10.0. The molecule has 0 amide bonds. The van der Waals surface area contributed by atoms with E-state index in [0.717, 1.165) is 29.3 Å². The van der Waals surface area contributed by atoms with Gasteiger partial charge in [-0.1, -0.05) is 54.6 Å². The monoisotopic (exact) mass is 384 g/mol. The maximum absolute atomic E-state index is 5.65. The zero-order valence-corrected chi connectivity index (χ0v) is 16.1. The quantitative estimate of drug-likeness (QED) is 0.343. The topological polar surface area (TPSA) is 61.6 Å². The van der Waals surface area contributed by atoms with Crippen molar-refractivity contribution >= 4 is 17.1 Å². The Morgan fingerprint density at radius 3 is 2.34 bits per heavy atom. The predicted molar refractivity (Wildman–Crippen MR) is 119 cm³/mol. The minimum Gasteiger partial charge on any atom is -0.463 e. The second-order valence-electron chi connectivity index (χ2n) is 6.75. The highest BCUT2D eigenvalue weighted by molar-refractivity contribution is 5.99. The van der Waals surface area contributed by atoms with Crippen molar-refractivity contribution in [3.05, 3.63) is 109 Å². The van der Waals surface area contributed by atoms with Crippen molar-refractivity contribution in [1.29, 1.82) is 0 Å². The van der Waals surface area contributed by atoms with Gasteiger partial charge < -0.3 is 9.84 Å². The Balaban J connectivity index is 1.53. The molecule has 5 nitrogen and oxygen atoms in total. The molecule has 0 saturated heterocycles. The first kappa shape index (κ1) is 18.8. The molecule has 1 atom stereocenters. The fourth-order valence-electron chi connectivity index (χ4n) is 3.16. The molecule has 1 unspecified atom stereocenters. The SMILES string of the molecule is C1=CC(C(C/C(=N/Nc2ccccc2)c2ccco2)NNc2ccccc2)=CC1. The highest BCUT2D eigenvalue weighted by atomic mass is 16.3. The Morgan fingerprint density at radius 2 is 1.69 bits per heavy atom. The molecule has 1 aliphatic carbocycles. The van der Waals surface area contributed by atoms with Crippen LogP contribution < -0.4 is 16.3 Å². The van der Waals surface area contributed by atoms with Crippen molar-refractivity contribution in [3.63, 3.8) is 0 Å². The summed E-state index contributed by atoms with van der Waals surface area (Å²) in [5.74, 6) is 0.752. The van der Waals surface area contributed by atoms with Gasteiger partial charge in [0.05, 0.1) is 18.0 Å². The molecule has 2 aromatic carbocycles. The summed E-state index contributed by atoms with van der Waals surface area (Å²) in [6.07, 6.45) is 9.84. The fraction of sp³-hybridized carbons (Fsp3) is 0.125. The molecule has 4 rings (SSSR count). The Kier molecular flexibility index (Phi) is 6.20. The van der Waals surface area contributed by atoms with Gasteiger partial charge in [0, 0.05) is 12.1 Å². The Bertz CT molecular complexity index is 976. The van der Waals surface area contributed by atoms with Crippen molar-refractivity contribution in [2.75, 3.05) is 10.9 Å². The van der Waals surface area contributed by atoms with Crippen LogP contribution in [0.5, 0.6) is 0 Å². The van der Waals surface area contributed by atoms with E-state index in [-0.39, 0.29) is 6.04 Å². The van der Waals surface area contributed by atoms with Crippen molar-refractivity contribution in [2.24, 2.45) is 5.10 Å². The van der Waals surface area contributed by atoms with Crippen LogP contribution in [0.2, 0.25) is 0 Å². The molecule has 0 spiro atoms. The number of para-hydroxylation sites is 2. The number of allylic oxidation sites excluding steroid dienone is 2. The molecule has 1 aromatic heterocycles. The number of hydrogen-bond donors (Lipinski definition) is 3. The van der Waals surface area contributed by atoms with E-state index in [1.54, 1.807) is 6.26 Å². The fourth-order valence-corrected chi connectivity index (χ4v) is 3.16. The summed E-state index contributed by atoms with van der Waals surface area (Å²) in [4.78, 5) is 0. The molecule has 3 N–H and O–H groups in total. The van der Waals surface area contributed by atoms with Gasteiger partial charge in [-0.15, -0.1) is 0 Å². The Hall–Kier alpha value is -3.57. The van der Waals surface area contributed by atoms with Gasteiger partial charge in [0.25, 0.3) is 0 Å². The van der Waals surface area contributed by atoms with Crippen molar-refractivity contribution in [2.45, 2.75) is 18.9 Å². The van der Waals surface area contributed by atoms with Crippen LogP contribution >= 0.6 is 0 Å². The summed E-state index contributed by atoms with van der Waals surface area (Å²) in [7, 11) is 0. The van der Waals surface area contributed by atoms with Crippen LogP contribution in [-0.4, -0.2) is 11.8 Å². The predicted octanol–water partition coefficient (Wildman–Crippen LogP) is 5.36. The van der Waals surface area contributed by atoms with E-state index in [0.29, 0.717) is 6.42 Å². The van der Waals surface area contributed by atoms with Crippen LogP contribution in [0.25, 0.3) is 0 Å². The summed E-state index contributed by atoms with van der Waals surface area (Å²) in [5, 5.41) is 4.66. The molecule has 3 aromatic rings. The zero-order valence-electron chi connectivity index (χ0n) is 16.1. The molecule has 0 radical (unpaired) electrons. The number of hydrogen-bond acceptors (Lipinski definition) is 5. The van der Waals surface area contributed by atoms with E-state index in [1.165, 1.54) is 5.57 Å².